The van der Waals surface area contributed by atoms with Crippen LogP contribution in [0.4, 0.5) is 0 Å². The highest BCUT2D eigenvalue weighted by atomic mass is 16.3. The minimum Gasteiger partial charge on any atom is -0.506 e. The van der Waals surface area contributed by atoms with E-state index in [0.717, 1.165) is 27.6 Å². The first-order valence-electron chi connectivity index (χ1n) is 14.3. The number of aromatic nitrogens is 6. The van der Waals surface area contributed by atoms with Crippen LogP contribution in [0.25, 0.3) is 33.4 Å². The summed E-state index contributed by atoms with van der Waals surface area (Å²) >= 11 is 0. The molecule has 0 amide bonds. The van der Waals surface area contributed by atoms with Gasteiger partial charge in [0.15, 0.2) is 0 Å². The van der Waals surface area contributed by atoms with Gasteiger partial charge in [0.1, 0.15) is 44.9 Å². The molecule has 8 heteroatoms. The lowest BCUT2D eigenvalue weighted by atomic mass is 10.2. The third-order valence-electron chi connectivity index (χ3n) is 5.02. The van der Waals surface area contributed by atoms with Crippen molar-refractivity contribution in [2.45, 2.75) is 62.3 Å². The van der Waals surface area contributed by atoms with E-state index in [0.29, 0.717) is 11.4 Å². The van der Waals surface area contributed by atoms with Gasteiger partial charge in [-0.15, -0.1) is 30.0 Å². The molecule has 6 aromatic rings. The van der Waals surface area contributed by atoms with E-state index >= 15 is 0 Å². The van der Waals surface area contributed by atoms with Crippen molar-refractivity contribution in [3.63, 3.8) is 0 Å². The Morgan fingerprint density at radius 1 is 0.439 bits per heavy atom. The molecule has 8 nitrogen and oxygen atoms in total. The maximum absolute atomic E-state index is 9.81. The zero-order valence-electron chi connectivity index (χ0n) is 25.7. The fraction of sp³-hybridized carbons (Fsp3) is 0.273. The molecule has 4 aromatic carbocycles. The van der Waals surface area contributed by atoms with Gasteiger partial charge >= 0.3 is 0 Å². The van der Waals surface area contributed by atoms with Gasteiger partial charge in [-0.1, -0.05) is 97.9 Å². The van der Waals surface area contributed by atoms with Gasteiger partial charge in [-0.05, 0) is 61.0 Å². The molecule has 0 aliphatic heterocycles. The first-order valence-corrected chi connectivity index (χ1v) is 14.3. The van der Waals surface area contributed by atoms with Crippen molar-refractivity contribution in [1.82, 2.24) is 30.0 Å². The van der Waals surface area contributed by atoms with Crippen LogP contribution in [0, 0.1) is 6.92 Å². The van der Waals surface area contributed by atoms with Gasteiger partial charge in [0.25, 0.3) is 0 Å². The minimum atomic E-state index is 0.169. The molecule has 0 atom stereocenters. The fourth-order valence-electron chi connectivity index (χ4n) is 3.36. The van der Waals surface area contributed by atoms with Crippen LogP contribution in [0.1, 0.15) is 61.0 Å². The zero-order valence-corrected chi connectivity index (χ0v) is 25.7. The van der Waals surface area contributed by atoms with Crippen molar-refractivity contribution in [2.75, 3.05) is 0 Å². The van der Waals surface area contributed by atoms with Crippen LogP contribution in [0.15, 0.2) is 91.0 Å². The molecule has 0 saturated heterocycles. The van der Waals surface area contributed by atoms with E-state index in [-0.39, 0.29) is 11.5 Å². The second kappa shape index (κ2) is 18.5. The summed E-state index contributed by atoms with van der Waals surface area (Å²) in [7, 11) is 0. The standard InChI is InChI=1S/C13H11N3O.C12H9N3O.4C2H6/c1-9-6-7-13(17)12(8-9)16-14-10-4-2-3-5-11(10)15-16;16-12-8-4-3-7-11(12)15-13-9-5-1-2-6-10(9)14-15;4*1-2/h2-8,17H,1H3;1-8,16H;4*1-2H3. The van der Waals surface area contributed by atoms with Crippen LogP contribution in [0.2, 0.25) is 0 Å². The first kappa shape index (κ1) is 34.3. The molecule has 41 heavy (non-hydrogen) atoms. The van der Waals surface area contributed by atoms with Crippen molar-refractivity contribution in [2.24, 2.45) is 0 Å². The van der Waals surface area contributed by atoms with Crippen molar-refractivity contribution in [1.29, 1.82) is 0 Å². The van der Waals surface area contributed by atoms with Gasteiger partial charge in [-0.2, -0.15) is 0 Å². The summed E-state index contributed by atoms with van der Waals surface area (Å²) in [6.45, 7) is 18.0. The molecule has 2 heterocycles. The van der Waals surface area contributed by atoms with E-state index in [1.807, 2.05) is 129 Å². The zero-order chi connectivity index (χ0) is 30.8. The number of rotatable bonds is 2. The van der Waals surface area contributed by atoms with Gasteiger partial charge in [0.05, 0.1) is 0 Å². The Balaban J connectivity index is 0.000000331. The minimum absolute atomic E-state index is 0.169. The number of fused-ring (bicyclic) bond motifs is 2. The maximum atomic E-state index is 9.81. The van der Waals surface area contributed by atoms with E-state index in [1.54, 1.807) is 24.3 Å². The normalized spacial score (nSPS) is 9.29. The lowest BCUT2D eigenvalue weighted by Gasteiger charge is -2.03. The Kier molecular flexibility index (Phi) is 15.5. The number of hydrogen-bond acceptors (Lipinski definition) is 6. The van der Waals surface area contributed by atoms with Crippen molar-refractivity contribution in [3.8, 4) is 22.9 Å². The van der Waals surface area contributed by atoms with E-state index in [1.165, 1.54) is 9.59 Å². The quantitative estimate of drug-likeness (QED) is 0.221. The summed E-state index contributed by atoms with van der Waals surface area (Å²) in [5.74, 6) is 0.346. The van der Waals surface area contributed by atoms with Crippen LogP contribution < -0.4 is 0 Å². The maximum Gasteiger partial charge on any atom is 0.143 e. The molecule has 0 unspecified atom stereocenters. The largest absolute Gasteiger partial charge is 0.506 e. The van der Waals surface area contributed by atoms with Crippen molar-refractivity contribution in [3.05, 3.63) is 96.6 Å². The molecule has 0 saturated carbocycles. The summed E-state index contributed by atoms with van der Waals surface area (Å²) < 4.78 is 0. The molecular formula is C33H44N6O2. The number of benzene rings is 4. The number of phenolic OH excluding ortho intramolecular Hbond substituents is 2. The number of aryl methyl sites for hydroxylation is 1. The van der Waals surface area contributed by atoms with Crippen LogP contribution in [-0.2, 0) is 0 Å². The fourth-order valence-corrected chi connectivity index (χ4v) is 3.36. The summed E-state index contributed by atoms with van der Waals surface area (Å²) in [4.78, 5) is 2.91. The molecule has 0 spiro atoms. The Morgan fingerprint density at radius 2 is 0.780 bits per heavy atom. The summed E-state index contributed by atoms with van der Waals surface area (Å²) in [5.41, 5.74) is 5.48. The van der Waals surface area contributed by atoms with Gasteiger partial charge in [0, 0.05) is 0 Å². The SMILES string of the molecule is CC.CC.CC.CC.Cc1ccc(O)c(-n2nc3ccccc3n2)c1.Oc1ccccc1-n1nc2ccccc2n1. The Bertz CT molecular complexity index is 1510. The molecular weight excluding hydrogens is 512 g/mol. The Morgan fingerprint density at radius 3 is 1.20 bits per heavy atom. The second-order valence-corrected chi connectivity index (χ2v) is 7.44. The van der Waals surface area contributed by atoms with Gasteiger partial charge < -0.3 is 10.2 Å². The number of hydrogen-bond donors (Lipinski definition) is 2. The molecule has 218 valence electrons. The van der Waals surface area contributed by atoms with Crippen LogP contribution in [0.3, 0.4) is 0 Å². The van der Waals surface area contributed by atoms with Gasteiger partial charge in [0.2, 0.25) is 0 Å². The van der Waals surface area contributed by atoms with Crippen molar-refractivity contribution < 1.29 is 10.2 Å². The molecule has 6 rings (SSSR count). The number of aromatic hydroxyl groups is 2. The monoisotopic (exact) mass is 556 g/mol. The molecule has 0 bridgehead atoms. The van der Waals surface area contributed by atoms with Crippen LogP contribution >= 0.6 is 0 Å². The third kappa shape index (κ3) is 9.17. The molecule has 0 fully saturated rings. The molecule has 2 N–H and O–H groups in total. The van der Waals surface area contributed by atoms with Crippen LogP contribution in [0.5, 0.6) is 11.5 Å². The highest BCUT2D eigenvalue weighted by Gasteiger charge is 2.08. The Labute approximate surface area is 243 Å². The Hall–Kier alpha value is -4.72. The highest BCUT2D eigenvalue weighted by molar-refractivity contribution is 5.74. The third-order valence-corrected chi connectivity index (χ3v) is 5.02. The predicted octanol–water partition coefficient (Wildman–Crippen LogP) is 8.67. The number of nitrogens with zero attached hydrogens (tertiary/aromatic N) is 6. The number of phenols is 2. The summed E-state index contributed by atoms with van der Waals surface area (Å²) in [6, 6.07) is 27.6. The van der Waals surface area contributed by atoms with E-state index in [9.17, 15) is 10.2 Å². The highest BCUT2D eigenvalue weighted by Crippen LogP contribution is 2.23. The smallest absolute Gasteiger partial charge is 0.143 e. The van der Waals surface area contributed by atoms with Crippen molar-refractivity contribution >= 4 is 22.1 Å². The summed E-state index contributed by atoms with van der Waals surface area (Å²) in [6.07, 6.45) is 0. The van der Waals surface area contributed by atoms with Gasteiger partial charge in [-0.3, -0.25) is 0 Å². The van der Waals surface area contributed by atoms with Crippen LogP contribution in [-0.4, -0.2) is 40.2 Å². The molecule has 0 aliphatic rings. The lowest BCUT2D eigenvalue weighted by Crippen LogP contribution is -1.99. The van der Waals surface area contributed by atoms with E-state index < -0.39 is 0 Å². The molecule has 2 aromatic heterocycles. The second-order valence-electron chi connectivity index (χ2n) is 7.44. The first-order chi connectivity index (χ1) is 20.1. The molecule has 0 radical (unpaired) electrons. The van der Waals surface area contributed by atoms with E-state index in [2.05, 4.69) is 20.4 Å². The predicted molar refractivity (Wildman–Crippen MR) is 171 cm³/mol. The topological polar surface area (TPSA) is 102 Å². The van der Waals surface area contributed by atoms with Gasteiger partial charge in [-0.25, -0.2) is 0 Å². The summed E-state index contributed by atoms with van der Waals surface area (Å²) in [5, 5.41) is 36.7. The molecule has 0 aliphatic carbocycles. The lowest BCUT2D eigenvalue weighted by molar-refractivity contribution is 0.467. The van der Waals surface area contributed by atoms with E-state index in [4.69, 9.17) is 0 Å². The number of para-hydroxylation sites is 2. The average molecular weight is 557 g/mol. The average Bonchev–Trinajstić information content (AvgIpc) is 3.67.